The lowest BCUT2D eigenvalue weighted by Gasteiger charge is -2.43. The topological polar surface area (TPSA) is 27.7 Å². The lowest BCUT2D eigenvalue weighted by Crippen LogP contribution is -2.39. The van der Waals surface area contributed by atoms with Crippen molar-refractivity contribution in [2.75, 3.05) is 20.3 Å². The zero-order valence-electron chi connectivity index (χ0n) is 12.0. The SMILES string of the molecule is COC1(P)CCC(C2CCC3(CC2)OCCO3)CC1. The second-order valence-electron chi connectivity index (χ2n) is 6.55. The van der Waals surface area contributed by atoms with Crippen LogP contribution >= 0.6 is 9.24 Å². The Labute approximate surface area is 119 Å². The van der Waals surface area contributed by atoms with E-state index in [-0.39, 0.29) is 11.1 Å². The molecule has 3 aliphatic rings. The molecule has 1 atom stereocenters. The summed E-state index contributed by atoms with van der Waals surface area (Å²) in [5.41, 5.74) is 0. The Morgan fingerprint density at radius 2 is 1.37 bits per heavy atom. The predicted molar refractivity (Wildman–Crippen MR) is 78.0 cm³/mol. The third kappa shape index (κ3) is 3.00. The zero-order chi connectivity index (χ0) is 13.3. The van der Waals surface area contributed by atoms with E-state index >= 15 is 0 Å². The maximum absolute atomic E-state index is 5.82. The van der Waals surface area contributed by atoms with E-state index in [4.69, 9.17) is 14.2 Å². The zero-order valence-corrected chi connectivity index (χ0v) is 13.2. The summed E-state index contributed by atoms with van der Waals surface area (Å²) < 4.78 is 17.3. The van der Waals surface area contributed by atoms with E-state index in [9.17, 15) is 0 Å². The summed E-state index contributed by atoms with van der Waals surface area (Å²) >= 11 is 0. The highest BCUT2D eigenvalue weighted by Crippen LogP contribution is 2.47. The van der Waals surface area contributed by atoms with E-state index in [0.29, 0.717) is 0 Å². The third-order valence-electron chi connectivity index (χ3n) is 5.56. The van der Waals surface area contributed by atoms with Crippen LogP contribution in [0.25, 0.3) is 0 Å². The van der Waals surface area contributed by atoms with Gasteiger partial charge in [-0.05, 0) is 50.4 Å². The van der Waals surface area contributed by atoms with E-state index < -0.39 is 0 Å². The van der Waals surface area contributed by atoms with Crippen molar-refractivity contribution in [2.45, 2.75) is 62.5 Å². The van der Waals surface area contributed by atoms with Crippen LogP contribution in [-0.2, 0) is 14.2 Å². The number of hydrogen-bond donors (Lipinski definition) is 0. The fourth-order valence-corrected chi connectivity index (χ4v) is 4.47. The lowest BCUT2D eigenvalue weighted by molar-refractivity contribution is -0.185. The lowest BCUT2D eigenvalue weighted by atomic mass is 9.71. The van der Waals surface area contributed by atoms with Crippen LogP contribution < -0.4 is 0 Å². The van der Waals surface area contributed by atoms with Crippen LogP contribution in [0.2, 0.25) is 0 Å². The molecule has 0 amide bonds. The largest absolute Gasteiger partial charge is 0.374 e. The molecule has 1 saturated heterocycles. The van der Waals surface area contributed by atoms with Gasteiger partial charge in [0.05, 0.1) is 18.6 Å². The van der Waals surface area contributed by atoms with Gasteiger partial charge < -0.3 is 14.2 Å². The second-order valence-corrected chi connectivity index (χ2v) is 7.60. The van der Waals surface area contributed by atoms with Gasteiger partial charge in [0.2, 0.25) is 0 Å². The molecule has 2 saturated carbocycles. The Morgan fingerprint density at radius 3 is 1.84 bits per heavy atom. The molecule has 3 fully saturated rings. The summed E-state index contributed by atoms with van der Waals surface area (Å²) in [6.07, 6.45) is 9.77. The number of rotatable bonds is 2. The highest BCUT2D eigenvalue weighted by molar-refractivity contribution is 7.18. The third-order valence-corrected chi connectivity index (χ3v) is 6.37. The number of hydrogen-bond acceptors (Lipinski definition) is 3. The Morgan fingerprint density at radius 1 is 0.895 bits per heavy atom. The normalized spacial score (nSPS) is 39.8. The van der Waals surface area contributed by atoms with Crippen molar-refractivity contribution in [1.82, 2.24) is 0 Å². The van der Waals surface area contributed by atoms with Gasteiger partial charge >= 0.3 is 0 Å². The summed E-state index contributed by atoms with van der Waals surface area (Å²) in [4.78, 5) is 0. The van der Waals surface area contributed by atoms with Crippen molar-refractivity contribution in [3.63, 3.8) is 0 Å². The van der Waals surface area contributed by atoms with Gasteiger partial charge in [-0.1, -0.05) is 0 Å². The van der Waals surface area contributed by atoms with Gasteiger partial charge in [0.1, 0.15) is 0 Å². The Kier molecular flexibility index (Phi) is 4.20. The average Bonchev–Trinajstić information content (AvgIpc) is 2.89. The highest BCUT2D eigenvalue weighted by Gasteiger charge is 2.43. The smallest absolute Gasteiger partial charge is 0.168 e. The van der Waals surface area contributed by atoms with Crippen molar-refractivity contribution in [3.05, 3.63) is 0 Å². The molecule has 1 aliphatic heterocycles. The molecule has 1 spiro atoms. The molecule has 1 heterocycles. The van der Waals surface area contributed by atoms with Crippen molar-refractivity contribution < 1.29 is 14.2 Å². The van der Waals surface area contributed by atoms with Crippen LogP contribution in [0.15, 0.2) is 0 Å². The molecule has 0 bridgehead atoms. The Hall–Kier alpha value is 0.310. The summed E-state index contributed by atoms with van der Waals surface area (Å²) in [6.45, 7) is 1.58. The first-order chi connectivity index (χ1) is 9.15. The highest BCUT2D eigenvalue weighted by atomic mass is 31.0. The second kappa shape index (κ2) is 5.60. The molecule has 4 heteroatoms. The maximum Gasteiger partial charge on any atom is 0.168 e. The monoisotopic (exact) mass is 286 g/mol. The van der Waals surface area contributed by atoms with Crippen molar-refractivity contribution in [1.29, 1.82) is 0 Å². The van der Waals surface area contributed by atoms with Crippen LogP contribution in [-0.4, -0.2) is 31.5 Å². The molecule has 3 nitrogen and oxygen atoms in total. The number of methoxy groups -OCH3 is 1. The minimum Gasteiger partial charge on any atom is -0.374 e. The molecule has 3 rings (SSSR count). The first-order valence-electron chi connectivity index (χ1n) is 7.77. The van der Waals surface area contributed by atoms with Crippen molar-refractivity contribution in [3.8, 4) is 0 Å². The molecule has 0 N–H and O–H groups in total. The first kappa shape index (κ1) is 14.3. The predicted octanol–water partition coefficient (Wildman–Crippen LogP) is 3.33. The van der Waals surface area contributed by atoms with E-state index in [0.717, 1.165) is 37.9 Å². The molecule has 0 radical (unpaired) electrons. The molecule has 0 aromatic rings. The molecule has 110 valence electrons. The summed E-state index contributed by atoms with van der Waals surface area (Å²) in [6, 6.07) is 0. The van der Waals surface area contributed by atoms with Gasteiger partial charge in [-0.15, -0.1) is 9.24 Å². The molecule has 0 aromatic carbocycles. The fourth-order valence-electron chi connectivity index (χ4n) is 4.14. The fraction of sp³-hybridized carbons (Fsp3) is 1.00. The van der Waals surface area contributed by atoms with Gasteiger partial charge in [0, 0.05) is 20.0 Å². The Bertz CT molecular complexity index is 297. The average molecular weight is 286 g/mol. The first-order valence-corrected chi connectivity index (χ1v) is 8.34. The number of ether oxygens (including phenoxy) is 3. The van der Waals surface area contributed by atoms with Gasteiger partial charge in [-0.2, -0.15) is 0 Å². The van der Waals surface area contributed by atoms with Crippen LogP contribution in [0.1, 0.15) is 51.4 Å². The van der Waals surface area contributed by atoms with Gasteiger partial charge in [0.15, 0.2) is 5.79 Å². The standard InChI is InChI=1S/C15H27O3P/c1-16-15(19)8-4-13(5-9-15)12-2-6-14(7-3-12)17-10-11-18-14/h12-13H,2-11,19H2,1H3. The van der Waals surface area contributed by atoms with Crippen molar-refractivity contribution >= 4 is 9.24 Å². The summed E-state index contributed by atoms with van der Waals surface area (Å²) in [5, 5.41) is 0.0596. The van der Waals surface area contributed by atoms with Crippen LogP contribution in [0.3, 0.4) is 0 Å². The van der Waals surface area contributed by atoms with E-state index in [2.05, 4.69) is 9.24 Å². The molecule has 0 aromatic heterocycles. The molecule has 1 unspecified atom stereocenters. The molecule has 2 aliphatic carbocycles. The minimum absolute atomic E-state index is 0.0596. The Balaban J connectivity index is 1.50. The van der Waals surface area contributed by atoms with Gasteiger partial charge in [-0.3, -0.25) is 0 Å². The van der Waals surface area contributed by atoms with E-state index in [1.165, 1.54) is 38.5 Å². The quantitative estimate of drug-likeness (QED) is 0.729. The minimum atomic E-state index is -0.192. The van der Waals surface area contributed by atoms with E-state index in [1.54, 1.807) is 0 Å². The van der Waals surface area contributed by atoms with Gasteiger partial charge in [-0.25, -0.2) is 0 Å². The van der Waals surface area contributed by atoms with Crippen LogP contribution in [0, 0.1) is 11.8 Å². The van der Waals surface area contributed by atoms with Gasteiger partial charge in [0.25, 0.3) is 0 Å². The summed E-state index contributed by atoms with van der Waals surface area (Å²) in [5.74, 6) is 1.58. The molecular formula is C15H27O3P. The van der Waals surface area contributed by atoms with E-state index in [1.807, 2.05) is 7.11 Å². The summed E-state index contributed by atoms with van der Waals surface area (Å²) in [7, 11) is 4.76. The molecule has 19 heavy (non-hydrogen) atoms. The van der Waals surface area contributed by atoms with Crippen LogP contribution in [0.4, 0.5) is 0 Å². The maximum atomic E-state index is 5.82. The van der Waals surface area contributed by atoms with Crippen molar-refractivity contribution in [2.24, 2.45) is 11.8 Å². The van der Waals surface area contributed by atoms with Crippen LogP contribution in [0.5, 0.6) is 0 Å². The molecular weight excluding hydrogens is 259 g/mol.